The van der Waals surface area contributed by atoms with Crippen molar-refractivity contribution in [1.82, 2.24) is 10.6 Å². The number of benzene rings is 1. The molecule has 0 radical (unpaired) electrons. The molecule has 18 heavy (non-hydrogen) atoms. The molecule has 0 aliphatic heterocycles. The van der Waals surface area contributed by atoms with Gasteiger partial charge in [0.05, 0.1) is 17.8 Å². The minimum absolute atomic E-state index is 0.150. The van der Waals surface area contributed by atoms with Crippen LogP contribution in [0, 0.1) is 5.41 Å². The molecule has 0 saturated heterocycles. The number of amides is 2. The third-order valence-electron chi connectivity index (χ3n) is 2.00. The average molecular weight is 291 g/mol. The Morgan fingerprint density at radius 3 is 2.61 bits per heavy atom. The van der Waals surface area contributed by atoms with Gasteiger partial charge in [-0.25, -0.2) is 4.79 Å². The van der Waals surface area contributed by atoms with Crippen molar-refractivity contribution in [2.45, 2.75) is 0 Å². The quantitative estimate of drug-likeness (QED) is 0.498. The minimum Gasteiger partial charge on any atom is -0.495 e. The topological polar surface area (TPSA) is 86.2 Å². The number of carbonyl (C=O) groups is 1. The Morgan fingerprint density at radius 2 is 2.06 bits per heavy atom. The van der Waals surface area contributed by atoms with Crippen molar-refractivity contribution < 1.29 is 9.53 Å². The van der Waals surface area contributed by atoms with Gasteiger partial charge in [0.25, 0.3) is 0 Å². The Kier molecular flexibility index (Phi) is 5.06. The molecule has 0 atom stereocenters. The third kappa shape index (κ3) is 3.41. The fourth-order valence-corrected chi connectivity index (χ4v) is 1.67. The number of ether oxygens (including phenoxy) is 1. The molecule has 0 saturated carbocycles. The SMILES string of the molecule is CNC(=N)NC(=O)Nc1c(Cl)ccc(OC)c1Cl. The number of carbonyl (C=O) groups excluding carboxylic acids is 1. The van der Waals surface area contributed by atoms with E-state index in [9.17, 15) is 4.79 Å². The summed E-state index contributed by atoms with van der Waals surface area (Å²) in [7, 11) is 2.96. The lowest BCUT2D eigenvalue weighted by Gasteiger charge is -2.12. The normalized spacial score (nSPS) is 9.56. The number of nitrogens with one attached hydrogen (secondary N) is 4. The molecule has 0 bridgehead atoms. The number of anilines is 1. The highest BCUT2D eigenvalue weighted by Crippen LogP contribution is 2.37. The average Bonchev–Trinajstić information content (AvgIpc) is 2.34. The van der Waals surface area contributed by atoms with E-state index >= 15 is 0 Å². The number of guanidine groups is 1. The lowest BCUT2D eigenvalue weighted by atomic mass is 10.3. The first-order valence-corrected chi connectivity index (χ1v) is 5.61. The number of hydrogen-bond donors (Lipinski definition) is 4. The summed E-state index contributed by atoms with van der Waals surface area (Å²) in [5.41, 5.74) is 0.221. The first kappa shape index (κ1) is 14.4. The van der Waals surface area contributed by atoms with Crippen LogP contribution in [-0.2, 0) is 0 Å². The third-order valence-corrected chi connectivity index (χ3v) is 2.69. The second-order valence-electron chi connectivity index (χ2n) is 3.14. The molecule has 0 unspecified atom stereocenters. The standard InChI is InChI=1S/C10H12Cl2N4O2/c1-14-9(13)16-10(17)15-8-5(11)3-4-6(18-2)7(8)12/h3-4H,1-2H3,(H4,13,14,15,16,17). The fraction of sp³-hybridized carbons (Fsp3) is 0.200. The van der Waals surface area contributed by atoms with E-state index in [1.165, 1.54) is 14.2 Å². The van der Waals surface area contributed by atoms with E-state index in [0.717, 1.165) is 0 Å². The van der Waals surface area contributed by atoms with E-state index in [0.29, 0.717) is 5.75 Å². The van der Waals surface area contributed by atoms with Crippen molar-refractivity contribution in [3.8, 4) is 5.75 Å². The first-order chi connectivity index (χ1) is 8.49. The lowest BCUT2D eigenvalue weighted by Crippen LogP contribution is -2.40. The Morgan fingerprint density at radius 1 is 1.39 bits per heavy atom. The zero-order valence-electron chi connectivity index (χ0n) is 9.73. The monoisotopic (exact) mass is 290 g/mol. The van der Waals surface area contributed by atoms with Crippen LogP contribution in [0.2, 0.25) is 10.0 Å². The van der Waals surface area contributed by atoms with Crippen LogP contribution < -0.4 is 20.7 Å². The van der Waals surface area contributed by atoms with Gasteiger partial charge in [0.2, 0.25) is 0 Å². The van der Waals surface area contributed by atoms with E-state index < -0.39 is 6.03 Å². The Balaban J connectivity index is 2.90. The summed E-state index contributed by atoms with van der Waals surface area (Å²) in [4.78, 5) is 11.5. The molecule has 8 heteroatoms. The van der Waals surface area contributed by atoms with Crippen molar-refractivity contribution in [1.29, 1.82) is 5.41 Å². The molecule has 0 aliphatic rings. The molecular formula is C10H12Cl2N4O2. The maximum atomic E-state index is 11.5. The summed E-state index contributed by atoms with van der Waals surface area (Å²) in [5.74, 6) is 0.239. The Hall–Kier alpha value is -1.66. The van der Waals surface area contributed by atoms with E-state index in [1.54, 1.807) is 12.1 Å². The van der Waals surface area contributed by atoms with Gasteiger partial charge < -0.3 is 15.4 Å². The number of hydrogen-bond acceptors (Lipinski definition) is 3. The highest BCUT2D eigenvalue weighted by Gasteiger charge is 2.14. The van der Waals surface area contributed by atoms with Gasteiger partial charge in [-0.1, -0.05) is 23.2 Å². The molecule has 0 spiro atoms. The lowest BCUT2D eigenvalue weighted by molar-refractivity contribution is 0.256. The van der Waals surface area contributed by atoms with Crippen LogP contribution in [0.25, 0.3) is 0 Å². The Labute approximate surface area is 114 Å². The maximum Gasteiger partial charge on any atom is 0.326 e. The van der Waals surface area contributed by atoms with Gasteiger partial charge >= 0.3 is 6.03 Å². The van der Waals surface area contributed by atoms with Crippen molar-refractivity contribution in [2.75, 3.05) is 19.5 Å². The van der Waals surface area contributed by atoms with Crippen LogP contribution in [-0.4, -0.2) is 26.1 Å². The van der Waals surface area contributed by atoms with E-state index in [4.69, 9.17) is 33.3 Å². The largest absolute Gasteiger partial charge is 0.495 e. The highest BCUT2D eigenvalue weighted by molar-refractivity contribution is 6.40. The Bertz CT molecular complexity index is 479. The van der Waals surface area contributed by atoms with E-state index in [1.807, 2.05) is 0 Å². The van der Waals surface area contributed by atoms with Crippen LogP contribution in [0.1, 0.15) is 0 Å². The van der Waals surface area contributed by atoms with Gasteiger partial charge in [-0.3, -0.25) is 10.7 Å². The van der Waals surface area contributed by atoms with E-state index in [2.05, 4.69) is 16.0 Å². The summed E-state index contributed by atoms with van der Waals surface area (Å²) >= 11 is 11.9. The van der Waals surface area contributed by atoms with Gasteiger partial charge in [0, 0.05) is 7.05 Å². The predicted molar refractivity (Wildman–Crippen MR) is 72.0 cm³/mol. The van der Waals surface area contributed by atoms with Gasteiger partial charge in [-0.2, -0.15) is 0 Å². The zero-order chi connectivity index (χ0) is 13.7. The molecule has 1 rings (SSSR count). The molecule has 0 aliphatic carbocycles. The van der Waals surface area contributed by atoms with Gasteiger partial charge in [-0.15, -0.1) is 0 Å². The van der Waals surface area contributed by atoms with E-state index in [-0.39, 0.29) is 21.7 Å². The van der Waals surface area contributed by atoms with Crippen molar-refractivity contribution in [2.24, 2.45) is 0 Å². The second-order valence-corrected chi connectivity index (χ2v) is 3.93. The smallest absolute Gasteiger partial charge is 0.326 e. The summed E-state index contributed by atoms with van der Waals surface area (Å²) in [6.45, 7) is 0. The van der Waals surface area contributed by atoms with Gasteiger partial charge in [0.15, 0.2) is 5.96 Å². The van der Waals surface area contributed by atoms with Crippen molar-refractivity contribution >= 4 is 40.9 Å². The number of methoxy groups -OCH3 is 1. The van der Waals surface area contributed by atoms with Crippen LogP contribution in [0.5, 0.6) is 5.75 Å². The summed E-state index contributed by atoms with van der Waals surface area (Å²) in [5, 5.41) is 14.8. The van der Waals surface area contributed by atoms with Crippen LogP contribution in [0.3, 0.4) is 0 Å². The molecule has 0 fully saturated rings. The maximum absolute atomic E-state index is 11.5. The molecule has 1 aromatic carbocycles. The van der Waals surface area contributed by atoms with Crippen LogP contribution in [0.4, 0.5) is 10.5 Å². The molecule has 1 aromatic rings. The number of urea groups is 1. The molecule has 0 aromatic heterocycles. The summed E-state index contributed by atoms with van der Waals surface area (Å²) in [6, 6.07) is 2.50. The predicted octanol–water partition coefficient (Wildman–Crippen LogP) is 2.28. The van der Waals surface area contributed by atoms with Gasteiger partial charge in [0.1, 0.15) is 10.8 Å². The summed E-state index contributed by atoms with van der Waals surface area (Å²) < 4.78 is 5.01. The molecule has 6 nitrogen and oxygen atoms in total. The second kappa shape index (κ2) is 6.32. The molecule has 98 valence electrons. The van der Waals surface area contributed by atoms with Crippen LogP contribution in [0.15, 0.2) is 12.1 Å². The zero-order valence-corrected chi connectivity index (χ0v) is 11.2. The molecule has 4 N–H and O–H groups in total. The minimum atomic E-state index is -0.633. The van der Waals surface area contributed by atoms with Crippen molar-refractivity contribution in [3.05, 3.63) is 22.2 Å². The van der Waals surface area contributed by atoms with Crippen molar-refractivity contribution in [3.63, 3.8) is 0 Å². The fourth-order valence-electron chi connectivity index (χ4n) is 1.13. The molecule has 0 heterocycles. The van der Waals surface area contributed by atoms with Gasteiger partial charge in [-0.05, 0) is 12.1 Å². The number of rotatable bonds is 2. The highest BCUT2D eigenvalue weighted by atomic mass is 35.5. The molecular weight excluding hydrogens is 279 g/mol. The first-order valence-electron chi connectivity index (χ1n) is 4.86. The molecule has 2 amide bonds. The van der Waals surface area contributed by atoms with Crippen LogP contribution >= 0.6 is 23.2 Å². The summed E-state index contributed by atoms with van der Waals surface area (Å²) in [6.07, 6.45) is 0. The number of halogens is 2.